The van der Waals surface area contributed by atoms with Crippen LogP contribution in [-0.4, -0.2) is 33.2 Å². The first-order valence-corrected chi connectivity index (χ1v) is 10.0. The molecule has 4 rings (SSSR count). The Balaban J connectivity index is 1.73. The topological polar surface area (TPSA) is 56.5 Å². The maximum Gasteiger partial charge on any atom is 0.196 e. The van der Waals surface area contributed by atoms with Gasteiger partial charge in [0, 0.05) is 5.56 Å². The van der Waals surface area contributed by atoms with Gasteiger partial charge in [0.2, 0.25) is 0 Å². The van der Waals surface area contributed by atoms with Gasteiger partial charge in [-0.25, -0.2) is 0 Å². The second kappa shape index (κ2) is 7.28. The van der Waals surface area contributed by atoms with E-state index >= 15 is 0 Å². The van der Waals surface area contributed by atoms with Crippen LogP contribution >= 0.6 is 11.8 Å². The summed E-state index contributed by atoms with van der Waals surface area (Å²) in [6.07, 6.45) is 0. The summed E-state index contributed by atoms with van der Waals surface area (Å²) in [5, 5.41) is 10.6. The Morgan fingerprint density at radius 1 is 1.07 bits per heavy atom. The molecule has 0 saturated carbocycles. The van der Waals surface area contributed by atoms with Crippen molar-refractivity contribution in [3.05, 3.63) is 64.7 Å². The van der Waals surface area contributed by atoms with Crippen LogP contribution in [0.25, 0.3) is 16.6 Å². The monoisotopic (exact) mass is 391 g/mol. The van der Waals surface area contributed by atoms with Crippen molar-refractivity contribution in [2.45, 2.75) is 25.9 Å². The number of aromatic nitrogens is 3. The molecule has 0 amide bonds. The molecule has 0 N–H and O–H groups in total. The van der Waals surface area contributed by atoms with Crippen molar-refractivity contribution in [3.63, 3.8) is 0 Å². The Hall–Kier alpha value is -2.86. The highest BCUT2D eigenvalue weighted by atomic mass is 32.2. The summed E-state index contributed by atoms with van der Waals surface area (Å²) in [6, 6.07) is 13.6. The molecular formula is C22H21N3O2S. The molecule has 0 aliphatic rings. The third-order valence-corrected chi connectivity index (χ3v) is 5.97. The van der Waals surface area contributed by atoms with Crippen LogP contribution in [0.3, 0.4) is 0 Å². The summed E-state index contributed by atoms with van der Waals surface area (Å²) in [7, 11) is 1.60. The maximum atomic E-state index is 12.7. The minimum absolute atomic E-state index is 0.0329. The Labute approximate surface area is 167 Å². The quantitative estimate of drug-likeness (QED) is 0.362. The number of ether oxygens (including phenoxy) is 1. The summed E-state index contributed by atoms with van der Waals surface area (Å²) < 4.78 is 7.29. The Morgan fingerprint density at radius 3 is 2.68 bits per heavy atom. The highest BCUT2D eigenvalue weighted by molar-refractivity contribution is 7.99. The third-order valence-electron chi connectivity index (χ3n) is 5.04. The van der Waals surface area contributed by atoms with E-state index in [9.17, 15) is 4.79 Å². The van der Waals surface area contributed by atoms with Crippen LogP contribution in [0.5, 0.6) is 5.75 Å². The molecule has 28 heavy (non-hydrogen) atoms. The predicted molar refractivity (Wildman–Crippen MR) is 113 cm³/mol. The van der Waals surface area contributed by atoms with Crippen molar-refractivity contribution in [2.75, 3.05) is 12.9 Å². The molecule has 5 nitrogen and oxygen atoms in total. The normalized spacial score (nSPS) is 11.3. The van der Waals surface area contributed by atoms with Gasteiger partial charge in [0.1, 0.15) is 5.75 Å². The molecule has 0 fully saturated rings. The van der Waals surface area contributed by atoms with E-state index in [1.165, 1.54) is 22.9 Å². The van der Waals surface area contributed by atoms with Crippen LogP contribution in [0.1, 0.15) is 27.0 Å². The zero-order chi connectivity index (χ0) is 19.8. The number of rotatable bonds is 5. The average molecular weight is 391 g/mol. The summed E-state index contributed by atoms with van der Waals surface area (Å²) in [5.74, 6) is 0.996. The molecule has 2 aromatic heterocycles. The fourth-order valence-electron chi connectivity index (χ4n) is 3.36. The second-order valence-corrected chi connectivity index (χ2v) is 7.80. The highest BCUT2D eigenvalue weighted by Gasteiger charge is 2.16. The maximum absolute atomic E-state index is 12.7. The number of thioether (sulfide) groups is 1. The fourth-order valence-corrected chi connectivity index (χ4v) is 4.20. The van der Waals surface area contributed by atoms with Crippen molar-refractivity contribution in [3.8, 4) is 5.75 Å². The highest BCUT2D eigenvalue weighted by Crippen LogP contribution is 2.29. The number of hydrogen-bond donors (Lipinski definition) is 0. The number of carbonyl (C=O) groups excluding carboxylic acids is 1. The average Bonchev–Trinajstić information content (AvgIpc) is 3.13. The van der Waals surface area contributed by atoms with Gasteiger partial charge in [-0.15, -0.1) is 10.2 Å². The van der Waals surface area contributed by atoms with Crippen molar-refractivity contribution >= 4 is 34.1 Å². The number of hydrogen-bond acceptors (Lipinski definition) is 5. The van der Waals surface area contributed by atoms with Gasteiger partial charge in [-0.05, 0) is 61.0 Å². The molecule has 2 heterocycles. The van der Waals surface area contributed by atoms with Crippen LogP contribution in [0, 0.1) is 20.8 Å². The molecule has 6 heteroatoms. The first-order valence-electron chi connectivity index (χ1n) is 9.04. The van der Waals surface area contributed by atoms with Crippen molar-refractivity contribution in [1.29, 1.82) is 0 Å². The summed E-state index contributed by atoms with van der Waals surface area (Å²) in [6.45, 7) is 6.25. The number of aryl methyl sites for hydroxylation is 3. The van der Waals surface area contributed by atoms with Gasteiger partial charge in [-0.1, -0.05) is 36.0 Å². The predicted octanol–water partition coefficient (Wildman–Crippen LogP) is 4.79. The van der Waals surface area contributed by atoms with Gasteiger partial charge in [0.15, 0.2) is 16.6 Å². The van der Waals surface area contributed by atoms with Crippen molar-refractivity contribution in [1.82, 2.24) is 14.6 Å². The zero-order valence-electron chi connectivity index (χ0n) is 16.3. The number of benzene rings is 2. The number of ketones is 1. The standard InChI is InChI=1S/C22H21N3O2S/c1-13-8-9-17-10-14(2)21-23-24-22(25(21)20(17)15(13)3)28-12-19(26)16-6-5-7-18(11-16)27-4/h5-11H,12H2,1-4H3. The molecule has 0 aliphatic carbocycles. The lowest BCUT2D eigenvalue weighted by Gasteiger charge is -2.11. The molecule has 0 aliphatic heterocycles. The van der Waals surface area contributed by atoms with Gasteiger partial charge in [-0.3, -0.25) is 9.20 Å². The Bertz CT molecular complexity index is 1210. The molecule has 4 aromatic rings. The second-order valence-electron chi connectivity index (χ2n) is 6.86. The number of Topliss-reactive ketones (excluding diaryl/α,β-unsaturated/α-hetero) is 1. The van der Waals surface area contributed by atoms with Gasteiger partial charge in [0.05, 0.1) is 18.4 Å². The van der Waals surface area contributed by atoms with Crippen LogP contribution in [0.2, 0.25) is 0 Å². The molecule has 0 bridgehead atoms. The zero-order valence-corrected chi connectivity index (χ0v) is 17.1. The largest absolute Gasteiger partial charge is 0.497 e. The molecular weight excluding hydrogens is 370 g/mol. The van der Waals surface area contributed by atoms with Gasteiger partial charge < -0.3 is 4.74 Å². The SMILES string of the molecule is COc1cccc(C(=O)CSc2nnc3c(C)cc4ccc(C)c(C)c4n23)c1. The number of fused-ring (bicyclic) bond motifs is 3. The summed E-state index contributed by atoms with van der Waals surface area (Å²) in [5.41, 5.74) is 6.04. The van der Waals surface area contributed by atoms with E-state index in [4.69, 9.17) is 4.74 Å². The number of methoxy groups -OCH3 is 1. The minimum atomic E-state index is 0.0329. The first kappa shape index (κ1) is 18.5. The van der Waals surface area contributed by atoms with Crippen LogP contribution in [0.4, 0.5) is 0 Å². The van der Waals surface area contributed by atoms with Gasteiger partial charge >= 0.3 is 0 Å². The number of carbonyl (C=O) groups is 1. The van der Waals surface area contributed by atoms with Crippen LogP contribution < -0.4 is 4.74 Å². The molecule has 0 unspecified atom stereocenters. The smallest absolute Gasteiger partial charge is 0.196 e. The van der Waals surface area contributed by atoms with Gasteiger partial charge in [-0.2, -0.15) is 0 Å². The first-order chi connectivity index (χ1) is 13.5. The number of pyridine rings is 1. The van der Waals surface area contributed by atoms with E-state index in [0.717, 1.165) is 27.3 Å². The summed E-state index contributed by atoms with van der Waals surface area (Å²) in [4.78, 5) is 12.7. The van der Waals surface area contributed by atoms with E-state index in [1.807, 2.05) is 19.1 Å². The van der Waals surface area contributed by atoms with Crippen LogP contribution in [-0.2, 0) is 0 Å². The van der Waals surface area contributed by atoms with E-state index < -0.39 is 0 Å². The van der Waals surface area contributed by atoms with Crippen molar-refractivity contribution in [2.24, 2.45) is 0 Å². The molecule has 0 spiro atoms. The van der Waals surface area contributed by atoms with E-state index in [2.05, 4.69) is 46.6 Å². The Morgan fingerprint density at radius 2 is 1.89 bits per heavy atom. The lowest BCUT2D eigenvalue weighted by molar-refractivity contribution is 0.102. The molecule has 0 saturated heterocycles. The third kappa shape index (κ3) is 3.14. The molecule has 142 valence electrons. The van der Waals surface area contributed by atoms with Crippen LogP contribution in [0.15, 0.2) is 47.6 Å². The lowest BCUT2D eigenvalue weighted by Crippen LogP contribution is -2.04. The van der Waals surface area contributed by atoms with Crippen molar-refractivity contribution < 1.29 is 9.53 Å². The minimum Gasteiger partial charge on any atom is -0.497 e. The molecule has 2 aromatic carbocycles. The van der Waals surface area contributed by atoms with E-state index in [-0.39, 0.29) is 11.5 Å². The fraction of sp³-hybridized carbons (Fsp3) is 0.227. The summed E-state index contributed by atoms with van der Waals surface area (Å²) >= 11 is 1.41. The lowest BCUT2D eigenvalue weighted by atomic mass is 10.0. The molecule has 0 radical (unpaired) electrons. The van der Waals surface area contributed by atoms with Gasteiger partial charge in [0.25, 0.3) is 0 Å². The Kier molecular flexibility index (Phi) is 4.81. The molecule has 0 atom stereocenters. The van der Waals surface area contributed by atoms with E-state index in [0.29, 0.717) is 11.3 Å². The number of nitrogens with zero attached hydrogens (tertiary/aromatic N) is 3. The van der Waals surface area contributed by atoms with E-state index in [1.54, 1.807) is 19.2 Å².